The lowest BCUT2D eigenvalue weighted by atomic mass is 10.0. The molecule has 0 aromatic heterocycles. The Morgan fingerprint density at radius 2 is 1.67 bits per heavy atom. The minimum absolute atomic E-state index is 0.103. The highest BCUT2D eigenvalue weighted by Gasteiger charge is 2.32. The first-order valence-corrected chi connectivity index (χ1v) is 11.3. The van der Waals surface area contributed by atoms with Gasteiger partial charge >= 0.3 is 0 Å². The minimum atomic E-state index is -0.632. The van der Waals surface area contributed by atoms with Gasteiger partial charge in [0.05, 0.1) is 0 Å². The Morgan fingerprint density at radius 1 is 1.03 bits per heavy atom. The Hall–Kier alpha value is -2.04. The van der Waals surface area contributed by atoms with Gasteiger partial charge < -0.3 is 10.2 Å². The van der Waals surface area contributed by atoms with Gasteiger partial charge in [-0.15, -0.1) is 0 Å². The highest BCUT2D eigenvalue weighted by Crippen LogP contribution is 2.27. The number of hydrogen-bond acceptors (Lipinski definition) is 2. The number of nitrogens with one attached hydrogen (secondary N) is 1. The van der Waals surface area contributed by atoms with E-state index >= 15 is 0 Å². The van der Waals surface area contributed by atoms with Crippen LogP contribution in [0.25, 0.3) is 0 Å². The molecule has 1 saturated carbocycles. The lowest BCUT2D eigenvalue weighted by Crippen LogP contribution is -2.52. The van der Waals surface area contributed by atoms with Crippen molar-refractivity contribution >= 4 is 35.0 Å². The number of hydrogen-bond donors (Lipinski definition) is 1. The third-order valence-electron chi connectivity index (χ3n) is 5.67. The van der Waals surface area contributed by atoms with Gasteiger partial charge in [-0.2, -0.15) is 0 Å². The Kier molecular flexibility index (Phi) is 8.17. The normalized spacial score (nSPS) is 15.0. The van der Waals surface area contributed by atoms with Crippen LogP contribution in [0.15, 0.2) is 48.5 Å². The summed E-state index contributed by atoms with van der Waals surface area (Å²) in [6, 6.07) is 14.6. The van der Waals surface area contributed by atoms with Crippen molar-refractivity contribution in [2.75, 3.05) is 0 Å². The van der Waals surface area contributed by atoms with Crippen LogP contribution in [-0.2, 0) is 22.6 Å². The lowest BCUT2D eigenvalue weighted by Gasteiger charge is -2.32. The summed E-state index contributed by atoms with van der Waals surface area (Å²) in [5, 5.41) is 4.16. The van der Waals surface area contributed by atoms with Crippen LogP contribution < -0.4 is 5.32 Å². The van der Waals surface area contributed by atoms with Crippen molar-refractivity contribution in [1.82, 2.24) is 10.2 Å². The Labute approximate surface area is 188 Å². The first kappa shape index (κ1) is 22.6. The van der Waals surface area contributed by atoms with Crippen LogP contribution in [0.2, 0.25) is 10.0 Å². The van der Waals surface area contributed by atoms with Gasteiger partial charge in [-0.25, -0.2) is 0 Å². The number of carbonyl (C=O) groups is 2. The molecule has 2 aromatic carbocycles. The monoisotopic (exact) mass is 446 g/mol. The molecular formula is C24H28Cl2N2O2. The van der Waals surface area contributed by atoms with Crippen molar-refractivity contribution in [3.8, 4) is 0 Å². The molecule has 3 rings (SSSR count). The van der Waals surface area contributed by atoms with Crippen LogP contribution in [-0.4, -0.2) is 28.8 Å². The van der Waals surface area contributed by atoms with E-state index in [0.29, 0.717) is 28.5 Å². The average Bonchev–Trinajstić information content (AvgIpc) is 3.25. The SMILES string of the molecule is CCC(=O)N(Cc1c(Cl)cccc1Cl)[C@@H](Cc1ccccc1)C(=O)NC1CCCC1. The number of benzene rings is 2. The molecule has 160 valence electrons. The number of nitrogens with zero attached hydrogens (tertiary/aromatic N) is 1. The summed E-state index contributed by atoms with van der Waals surface area (Å²) < 4.78 is 0. The molecule has 0 unspecified atom stereocenters. The summed E-state index contributed by atoms with van der Waals surface area (Å²) in [4.78, 5) is 28.0. The van der Waals surface area contributed by atoms with E-state index in [1.165, 1.54) is 0 Å². The molecule has 4 nitrogen and oxygen atoms in total. The Morgan fingerprint density at radius 3 is 2.27 bits per heavy atom. The van der Waals surface area contributed by atoms with Crippen molar-refractivity contribution in [2.45, 2.75) is 64.1 Å². The third kappa shape index (κ3) is 5.77. The molecule has 1 aliphatic rings. The van der Waals surface area contributed by atoms with Crippen LogP contribution in [0, 0.1) is 0 Å². The number of rotatable bonds is 8. The maximum Gasteiger partial charge on any atom is 0.243 e. The molecular weight excluding hydrogens is 419 g/mol. The Bertz CT molecular complexity index is 847. The zero-order valence-corrected chi connectivity index (χ0v) is 18.8. The summed E-state index contributed by atoms with van der Waals surface area (Å²) in [5.74, 6) is -0.218. The zero-order chi connectivity index (χ0) is 21.5. The van der Waals surface area contributed by atoms with Crippen molar-refractivity contribution in [3.63, 3.8) is 0 Å². The smallest absolute Gasteiger partial charge is 0.243 e. The standard InChI is InChI=1S/C24H28Cl2N2O2/c1-2-23(29)28(16-19-20(25)13-8-14-21(19)26)22(15-17-9-4-3-5-10-17)24(30)27-18-11-6-7-12-18/h3-5,8-10,13-14,18,22H,2,6-7,11-12,15-16H2,1H3,(H,27,30)/t22-/m0/s1. The van der Waals surface area contributed by atoms with Crippen molar-refractivity contribution < 1.29 is 9.59 Å². The molecule has 0 saturated heterocycles. The van der Waals surface area contributed by atoms with Gasteiger partial charge in [-0.05, 0) is 30.5 Å². The second-order valence-corrected chi connectivity index (χ2v) is 8.59. The topological polar surface area (TPSA) is 49.4 Å². The maximum absolute atomic E-state index is 13.4. The van der Waals surface area contributed by atoms with Crippen molar-refractivity contribution in [1.29, 1.82) is 0 Å². The van der Waals surface area contributed by atoms with Crippen LogP contribution in [0.1, 0.15) is 50.2 Å². The summed E-state index contributed by atoms with van der Waals surface area (Å²) in [6.07, 6.45) is 4.96. The van der Waals surface area contributed by atoms with Gasteiger partial charge in [-0.1, -0.05) is 79.4 Å². The third-order valence-corrected chi connectivity index (χ3v) is 6.37. The van der Waals surface area contributed by atoms with E-state index in [1.54, 1.807) is 30.0 Å². The summed E-state index contributed by atoms with van der Waals surface area (Å²) in [5.41, 5.74) is 1.66. The fraction of sp³-hybridized carbons (Fsp3) is 0.417. The molecule has 1 atom stereocenters. The molecule has 6 heteroatoms. The largest absolute Gasteiger partial charge is 0.352 e. The average molecular weight is 447 g/mol. The number of amides is 2. The van der Waals surface area contributed by atoms with E-state index in [-0.39, 0.29) is 24.4 Å². The maximum atomic E-state index is 13.4. The lowest BCUT2D eigenvalue weighted by molar-refractivity contribution is -0.141. The second-order valence-electron chi connectivity index (χ2n) is 7.77. The molecule has 0 spiro atoms. The molecule has 0 radical (unpaired) electrons. The van der Waals surface area contributed by atoms with Gasteiger partial charge in [0.1, 0.15) is 6.04 Å². The van der Waals surface area contributed by atoms with Gasteiger partial charge in [-0.3, -0.25) is 9.59 Å². The van der Waals surface area contributed by atoms with E-state index in [2.05, 4.69) is 5.32 Å². The second kappa shape index (κ2) is 10.8. The molecule has 1 aliphatic carbocycles. The van der Waals surface area contributed by atoms with Gasteiger partial charge in [0, 0.05) is 41.0 Å². The quantitative estimate of drug-likeness (QED) is 0.589. The van der Waals surface area contributed by atoms with E-state index in [9.17, 15) is 9.59 Å². The Balaban J connectivity index is 1.92. The summed E-state index contributed by atoms with van der Waals surface area (Å²) in [7, 11) is 0. The molecule has 1 N–H and O–H groups in total. The highest BCUT2D eigenvalue weighted by atomic mass is 35.5. The first-order chi connectivity index (χ1) is 14.5. The molecule has 1 fully saturated rings. The van der Waals surface area contributed by atoms with E-state index in [0.717, 1.165) is 31.2 Å². The van der Waals surface area contributed by atoms with Gasteiger partial charge in [0.15, 0.2) is 0 Å². The van der Waals surface area contributed by atoms with Crippen LogP contribution in [0.4, 0.5) is 0 Å². The zero-order valence-electron chi connectivity index (χ0n) is 17.2. The van der Waals surface area contributed by atoms with E-state index in [1.807, 2.05) is 30.3 Å². The van der Waals surface area contributed by atoms with Crippen LogP contribution in [0.5, 0.6) is 0 Å². The molecule has 0 aliphatic heterocycles. The minimum Gasteiger partial charge on any atom is -0.352 e. The van der Waals surface area contributed by atoms with Gasteiger partial charge in [0.25, 0.3) is 0 Å². The van der Waals surface area contributed by atoms with Crippen LogP contribution in [0.3, 0.4) is 0 Å². The van der Waals surface area contributed by atoms with Gasteiger partial charge in [0.2, 0.25) is 11.8 Å². The molecule has 0 heterocycles. The van der Waals surface area contributed by atoms with Crippen molar-refractivity contribution in [3.05, 3.63) is 69.7 Å². The van der Waals surface area contributed by atoms with Crippen molar-refractivity contribution in [2.24, 2.45) is 0 Å². The molecule has 0 bridgehead atoms. The fourth-order valence-corrected chi connectivity index (χ4v) is 4.50. The predicted octanol–water partition coefficient (Wildman–Crippen LogP) is 5.40. The number of carbonyl (C=O) groups excluding carboxylic acids is 2. The summed E-state index contributed by atoms with van der Waals surface area (Å²) in [6.45, 7) is 2.00. The fourth-order valence-electron chi connectivity index (χ4n) is 3.98. The summed E-state index contributed by atoms with van der Waals surface area (Å²) >= 11 is 12.8. The van der Waals surface area contributed by atoms with E-state index < -0.39 is 6.04 Å². The predicted molar refractivity (Wildman–Crippen MR) is 122 cm³/mol. The molecule has 2 aromatic rings. The highest BCUT2D eigenvalue weighted by molar-refractivity contribution is 6.36. The first-order valence-electron chi connectivity index (χ1n) is 10.6. The number of halogens is 2. The van der Waals surface area contributed by atoms with E-state index in [4.69, 9.17) is 23.2 Å². The van der Waals surface area contributed by atoms with Crippen LogP contribution >= 0.6 is 23.2 Å². The molecule has 2 amide bonds. The molecule has 30 heavy (non-hydrogen) atoms.